The van der Waals surface area contributed by atoms with Crippen LogP contribution in [0.1, 0.15) is 20.8 Å². The number of hydrogen-bond acceptors (Lipinski definition) is 7. The summed E-state index contributed by atoms with van der Waals surface area (Å²) in [6, 6.07) is 4.27. The van der Waals surface area contributed by atoms with Crippen LogP contribution >= 0.6 is 0 Å². The molecule has 1 fully saturated rings. The molecule has 1 heterocycles. The highest BCUT2D eigenvalue weighted by Gasteiger charge is 2.27. The SMILES string of the molecule is CCOc1ccc(S(=O)(=O)N2CCOCC2)cc1NC(=O)COC(=O)C(C)C. The maximum Gasteiger partial charge on any atom is 0.308 e. The smallest absolute Gasteiger partial charge is 0.308 e. The molecule has 1 aromatic carbocycles. The molecule has 0 saturated carbocycles. The number of nitrogens with zero attached hydrogens (tertiary/aromatic N) is 1. The molecule has 1 aliphatic rings. The van der Waals surface area contributed by atoms with E-state index in [1.807, 2.05) is 0 Å². The Labute approximate surface area is 165 Å². The number of anilines is 1. The van der Waals surface area contributed by atoms with Gasteiger partial charge in [-0.3, -0.25) is 9.59 Å². The summed E-state index contributed by atoms with van der Waals surface area (Å²) in [4.78, 5) is 23.7. The predicted molar refractivity (Wildman–Crippen MR) is 102 cm³/mol. The summed E-state index contributed by atoms with van der Waals surface area (Å²) in [5.74, 6) is -1.11. The molecule has 0 aromatic heterocycles. The molecular weight excluding hydrogens is 388 g/mol. The van der Waals surface area contributed by atoms with Crippen molar-refractivity contribution in [2.24, 2.45) is 5.92 Å². The van der Waals surface area contributed by atoms with Gasteiger partial charge in [0.05, 0.1) is 36.3 Å². The Morgan fingerprint density at radius 3 is 2.54 bits per heavy atom. The van der Waals surface area contributed by atoms with Gasteiger partial charge >= 0.3 is 5.97 Å². The summed E-state index contributed by atoms with van der Waals surface area (Å²) >= 11 is 0. The van der Waals surface area contributed by atoms with Gasteiger partial charge < -0.3 is 19.5 Å². The molecule has 0 unspecified atom stereocenters. The van der Waals surface area contributed by atoms with Gasteiger partial charge in [-0.05, 0) is 25.1 Å². The van der Waals surface area contributed by atoms with Gasteiger partial charge in [-0.15, -0.1) is 0 Å². The third-order valence-corrected chi connectivity index (χ3v) is 5.84. The topological polar surface area (TPSA) is 111 Å². The summed E-state index contributed by atoms with van der Waals surface area (Å²) in [7, 11) is -3.73. The number of hydrogen-bond donors (Lipinski definition) is 1. The van der Waals surface area contributed by atoms with Crippen molar-refractivity contribution < 1.29 is 32.2 Å². The number of benzene rings is 1. The van der Waals surface area contributed by atoms with Crippen LogP contribution in [0, 0.1) is 5.92 Å². The van der Waals surface area contributed by atoms with Crippen LogP contribution < -0.4 is 10.1 Å². The highest BCUT2D eigenvalue weighted by molar-refractivity contribution is 7.89. The first-order valence-corrected chi connectivity index (χ1v) is 10.5. The molecule has 0 aliphatic carbocycles. The summed E-state index contributed by atoms with van der Waals surface area (Å²) in [5, 5.41) is 2.56. The lowest BCUT2D eigenvalue weighted by atomic mass is 10.2. The van der Waals surface area contributed by atoms with Gasteiger partial charge in [0.25, 0.3) is 5.91 Å². The number of carbonyl (C=O) groups is 2. The van der Waals surface area contributed by atoms with Crippen LogP contribution in [0.4, 0.5) is 5.69 Å². The molecule has 1 aliphatic heterocycles. The van der Waals surface area contributed by atoms with E-state index in [1.165, 1.54) is 22.5 Å². The Morgan fingerprint density at radius 1 is 1.25 bits per heavy atom. The van der Waals surface area contributed by atoms with Crippen LogP contribution in [-0.4, -0.2) is 64.1 Å². The molecule has 156 valence electrons. The van der Waals surface area contributed by atoms with E-state index in [-0.39, 0.29) is 29.6 Å². The molecule has 10 heteroatoms. The number of ether oxygens (including phenoxy) is 3. The molecule has 0 bridgehead atoms. The minimum absolute atomic E-state index is 0.0346. The average molecular weight is 414 g/mol. The second-order valence-corrected chi connectivity index (χ2v) is 8.36. The van der Waals surface area contributed by atoms with E-state index in [1.54, 1.807) is 20.8 Å². The zero-order valence-electron chi connectivity index (χ0n) is 16.3. The number of esters is 1. The summed E-state index contributed by atoms with van der Waals surface area (Å²) in [6.07, 6.45) is 0. The van der Waals surface area contributed by atoms with E-state index in [0.29, 0.717) is 25.6 Å². The van der Waals surface area contributed by atoms with Gasteiger partial charge in [-0.1, -0.05) is 13.8 Å². The van der Waals surface area contributed by atoms with E-state index < -0.39 is 28.5 Å². The van der Waals surface area contributed by atoms with Crippen LogP contribution in [0.15, 0.2) is 23.1 Å². The van der Waals surface area contributed by atoms with Crippen LogP contribution in [0.3, 0.4) is 0 Å². The molecule has 1 saturated heterocycles. The summed E-state index contributed by atoms with van der Waals surface area (Å²) in [5.41, 5.74) is 0.196. The fourth-order valence-electron chi connectivity index (χ4n) is 2.47. The lowest BCUT2D eigenvalue weighted by molar-refractivity contribution is -0.150. The highest BCUT2D eigenvalue weighted by atomic mass is 32.2. The fraction of sp³-hybridized carbons (Fsp3) is 0.556. The molecular formula is C18H26N2O7S. The molecule has 28 heavy (non-hydrogen) atoms. The zero-order valence-corrected chi connectivity index (χ0v) is 17.1. The maximum absolute atomic E-state index is 12.8. The first-order valence-electron chi connectivity index (χ1n) is 9.07. The standard InChI is InChI=1S/C18H26N2O7S/c1-4-26-16-6-5-14(28(23,24)20-7-9-25-10-8-20)11-15(16)19-17(21)12-27-18(22)13(2)3/h5-6,11,13H,4,7-10,12H2,1-3H3,(H,19,21). The van der Waals surface area contributed by atoms with Gasteiger partial charge in [0.2, 0.25) is 10.0 Å². The minimum atomic E-state index is -3.73. The van der Waals surface area contributed by atoms with E-state index in [4.69, 9.17) is 14.2 Å². The Bertz CT molecular complexity index is 802. The van der Waals surface area contributed by atoms with Crippen LogP contribution in [0.25, 0.3) is 0 Å². The highest BCUT2D eigenvalue weighted by Crippen LogP contribution is 2.29. The quantitative estimate of drug-likeness (QED) is 0.637. The van der Waals surface area contributed by atoms with E-state index in [9.17, 15) is 18.0 Å². The lowest BCUT2D eigenvalue weighted by Crippen LogP contribution is -2.40. The Balaban J connectivity index is 2.20. The van der Waals surface area contributed by atoms with Gasteiger partial charge in [0.15, 0.2) is 6.61 Å². The van der Waals surface area contributed by atoms with Gasteiger partial charge in [0.1, 0.15) is 5.75 Å². The van der Waals surface area contributed by atoms with Crippen molar-refractivity contribution in [3.8, 4) is 5.75 Å². The van der Waals surface area contributed by atoms with Gasteiger partial charge in [-0.25, -0.2) is 8.42 Å². The number of sulfonamides is 1. The molecule has 9 nitrogen and oxygen atoms in total. The van der Waals surface area contributed by atoms with Crippen molar-refractivity contribution in [1.29, 1.82) is 0 Å². The molecule has 0 spiro atoms. The van der Waals surface area contributed by atoms with Crippen molar-refractivity contribution in [2.45, 2.75) is 25.7 Å². The number of morpholine rings is 1. The van der Waals surface area contributed by atoms with Crippen molar-refractivity contribution in [3.63, 3.8) is 0 Å². The van der Waals surface area contributed by atoms with E-state index in [0.717, 1.165) is 0 Å². The Kier molecular flexibility index (Phi) is 7.78. The number of amides is 1. The van der Waals surface area contributed by atoms with Crippen molar-refractivity contribution in [1.82, 2.24) is 4.31 Å². The van der Waals surface area contributed by atoms with Crippen LogP contribution in [0.5, 0.6) is 5.75 Å². The van der Waals surface area contributed by atoms with E-state index >= 15 is 0 Å². The summed E-state index contributed by atoms with van der Waals surface area (Å²) in [6.45, 7) is 6.16. The Hall–Kier alpha value is -2.17. The van der Waals surface area contributed by atoms with Crippen molar-refractivity contribution in [2.75, 3.05) is 44.8 Å². The van der Waals surface area contributed by atoms with Gasteiger partial charge in [0, 0.05) is 13.1 Å². The second-order valence-electron chi connectivity index (χ2n) is 6.42. The second kappa shape index (κ2) is 9.85. The van der Waals surface area contributed by atoms with Crippen LogP contribution in [0.2, 0.25) is 0 Å². The summed E-state index contributed by atoms with van der Waals surface area (Å²) < 4.78 is 42.6. The number of nitrogens with one attached hydrogen (secondary N) is 1. The number of rotatable bonds is 8. The molecule has 2 rings (SSSR count). The maximum atomic E-state index is 12.8. The average Bonchev–Trinajstić information content (AvgIpc) is 2.68. The largest absolute Gasteiger partial charge is 0.492 e. The first kappa shape index (κ1) is 22.1. The van der Waals surface area contributed by atoms with Crippen LogP contribution in [-0.2, 0) is 29.1 Å². The molecule has 1 N–H and O–H groups in total. The monoisotopic (exact) mass is 414 g/mol. The minimum Gasteiger partial charge on any atom is -0.492 e. The fourth-order valence-corrected chi connectivity index (χ4v) is 3.91. The predicted octanol–water partition coefficient (Wildman–Crippen LogP) is 1.24. The van der Waals surface area contributed by atoms with Gasteiger partial charge in [-0.2, -0.15) is 4.31 Å². The third-order valence-electron chi connectivity index (χ3n) is 3.95. The first-order chi connectivity index (χ1) is 13.3. The number of carbonyl (C=O) groups excluding carboxylic acids is 2. The zero-order chi connectivity index (χ0) is 20.7. The molecule has 1 aromatic rings. The molecule has 1 amide bonds. The van der Waals surface area contributed by atoms with Crippen molar-refractivity contribution >= 4 is 27.6 Å². The lowest BCUT2D eigenvalue weighted by Gasteiger charge is -2.26. The third kappa shape index (κ3) is 5.66. The molecule has 0 atom stereocenters. The molecule has 0 radical (unpaired) electrons. The Morgan fingerprint density at radius 2 is 1.93 bits per heavy atom. The van der Waals surface area contributed by atoms with Crippen molar-refractivity contribution in [3.05, 3.63) is 18.2 Å². The van der Waals surface area contributed by atoms with E-state index in [2.05, 4.69) is 5.32 Å². The normalized spacial score (nSPS) is 15.3.